The minimum Gasteiger partial charge on any atom is -0.492 e. The van der Waals surface area contributed by atoms with Gasteiger partial charge in [0, 0.05) is 6.07 Å². The minimum absolute atomic E-state index is 0.539. The molecule has 0 aliphatic rings. The molecule has 0 saturated carbocycles. The van der Waals surface area contributed by atoms with Gasteiger partial charge in [0.2, 0.25) is 0 Å². The van der Waals surface area contributed by atoms with Crippen LogP contribution in [0.25, 0.3) is 0 Å². The molecule has 0 saturated heterocycles. The topological polar surface area (TPSA) is 68.3 Å². The zero-order valence-corrected chi connectivity index (χ0v) is 10.6. The number of hydrogen-bond acceptors (Lipinski definition) is 4. The van der Waals surface area contributed by atoms with Crippen molar-refractivity contribution in [2.24, 2.45) is 0 Å². The van der Waals surface area contributed by atoms with Gasteiger partial charge in [-0.15, -0.1) is 0 Å². The van der Waals surface area contributed by atoms with Crippen molar-refractivity contribution in [3.63, 3.8) is 0 Å². The standard InChI is InChI=1S/C15H14N2O2/c1-2-18-15-9-13(6-7-14(15)17)19-12-5-3-4-11(8-12)10-16/h3-9H,2,17H2,1H3. The Kier molecular flexibility index (Phi) is 3.89. The lowest BCUT2D eigenvalue weighted by Gasteiger charge is -2.10. The highest BCUT2D eigenvalue weighted by atomic mass is 16.5. The maximum atomic E-state index is 8.84. The van der Waals surface area contributed by atoms with E-state index < -0.39 is 0 Å². The molecular weight excluding hydrogens is 240 g/mol. The number of rotatable bonds is 4. The lowest BCUT2D eigenvalue weighted by atomic mass is 10.2. The first-order chi connectivity index (χ1) is 9.22. The van der Waals surface area contributed by atoms with Crippen LogP contribution in [0.4, 0.5) is 5.69 Å². The maximum Gasteiger partial charge on any atom is 0.145 e. The molecule has 2 aromatic rings. The van der Waals surface area contributed by atoms with E-state index in [2.05, 4.69) is 6.07 Å². The number of nitrogens with zero attached hydrogens (tertiary/aromatic N) is 1. The van der Waals surface area contributed by atoms with Crippen molar-refractivity contribution in [2.45, 2.75) is 6.92 Å². The summed E-state index contributed by atoms with van der Waals surface area (Å²) in [4.78, 5) is 0. The van der Waals surface area contributed by atoms with E-state index in [4.69, 9.17) is 20.5 Å². The molecule has 0 aromatic heterocycles. The van der Waals surface area contributed by atoms with E-state index in [1.165, 1.54) is 0 Å². The highest BCUT2D eigenvalue weighted by Gasteiger charge is 2.04. The van der Waals surface area contributed by atoms with Crippen LogP contribution in [0, 0.1) is 11.3 Å². The van der Waals surface area contributed by atoms with Gasteiger partial charge < -0.3 is 15.2 Å². The van der Waals surface area contributed by atoms with Crippen LogP contribution in [0.15, 0.2) is 42.5 Å². The Morgan fingerprint density at radius 3 is 2.68 bits per heavy atom. The predicted octanol–water partition coefficient (Wildman–Crippen LogP) is 3.33. The van der Waals surface area contributed by atoms with Gasteiger partial charge in [-0.25, -0.2) is 0 Å². The van der Waals surface area contributed by atoms with Crippen LogP contribution in [0.1, 0.15) is 12.5 Å². The largest absolute Gasteiger partial charge is 0.492 e. The number of hydrogen-bond donors (Lipinski definition) is 1. The molecule has 0 bridgehead atoms. The van der Waals surface area contributed by atoms with E-state index in [0.29, 0.717) is 35.1 Å². The molecule has 0 heterocycles. The number of ether oxygens (including phenoxy) is 2. The van der Waals surface area contributed by atoms with Crippen LogP contribution >= 0.6 is 0 Å². The highest BCUT2D eigenvalue weighted by molar-refractivity contribution is 5.56. The molecule has 0 spiro atoms. The average Bonchev–Trinajstić information content (AvgIpc) is 2.43. The van der Waals surface area contributed by atoms with Gasteiger partial charge in [0.05, 0.1) is 23.9 Å². The zero-order chi connectivity index (χ0) is 13.7. The molecule has 96 valence electrons. The number of nitrogen functional groups attached to an aromatic ring is 1. The van der Waals surface area contributed by atoms with Crippen LogP contribution in [0.3, 0.4) is 0 Å². The molecule has 0 fully saturated rings. The zero-order valence-electron chi connectivity index (χ0n) is 10.6. The molecule has 0 amide bonds. The van der Waals surface area contributed by atoms with Crippen LogP contribution in [0.2, 0.25) is 0 Å². The molecule has 4 heteroatoms. The SMILES string of the molecule is CCOc1cc(Oc2cccc(C#N)c2)ccc1N. The molecule has 0 aliphatic heterocycles. The second kappa shape index (κ2) is 5.78. The van der Waals surface area contributed by atoms with Gasteiger partial charge in [0.1, 0.15) is 17.2 Å². The number of benzene rings is 2. The fraction of sp³-hybridized carbons (Fsp3) is 0.133. The molecule has 4 nitrogen and oxygen atoms in total. The maximum absolute atomic E-state index is 8.84. The molecule has 0 atom stereocenters. The second-order valence-electron chi connectivity index (χ2n) is 3.87. The molecule has 0 radical (unpaired) electrons. The predicted molar refractivity (Wildman–Crippen MR) is 73.3 cm³/mol. The van der Waals surface area contributed by atoms with Gasteiger partial charge in [-0.3, -0.25) is 0 Å². The third-order valence-corrected chi connectivity index (χ3v) is 2.48. The van der Waals surface area contributed by atoms with Crippen molar-refractivity contribution in [1.82, 2.24) is 0 Å². The van der Waals surface area contributed by atoms with Crippen LogP contribution in [-0.2, 0) is 0 Å². The van der Waals surface area contributed by atoms with Gasteiger partial charge in [0.25, 0.3) is 0 Å². The van der Waals surface area contributed by atoms with E-state index in [0.717, 1.165) is 0 Å². The van der Waals surface area contributed by atoms with Gasteiger partial charge in [-0.2, -0.15) is 5.26 Å². The molecular formula is C15H14N2O2. The van der Waals surface area contributed by atoms with E-state index in [-0.39, 0.29) is 0 Å². The molecule has 0 unspecified atom stereocenters. The summed E-state index contributed by atoms with van der Waals surface area (Å²) in [5.41, 5.74) is 6.91. The van der Waals surface area contributed by atoms with Crippen LogP contribution in [0.5, 0.6) is 17.2 Å². The Morgan fingerprint density at radius 2 is 1.95 bits per heavy atom. The normalized spacial score (nSPS) is 9.68. The van der Waals surface area contributed by atoms with Gasteiger partial charge in [-0.05, 0) is 37.3 Å². The summed E-state index contributed by atoms with van der Waals surface area (Å²) in [6, 6.07) is 14.3. The Balaban J connectivity index is 2.23. The van der Waals surface area contributed by atoms with E-state index >= 15 is 0 Å². The lowest BCUT2D eigenvalue weighted by Crippen LogP contribution is -1.97. The second-order valence-corrected chi connectivity index (χ2v) is 3.87. The minimum atomic E-state index is 0.539. The van der Waals surface area contributed by atoms with Crippen molar-refractivity contribution in [1.29, 1.82) is 5.26 Å². The monoisotopic (exact) mass is 254 g/mol. The Labute approximate surface area is 112 Å². The Morgan fingerprint density at radius 1 is 1.16 bits per heavy atom. The first-order valence-corrected chi connectivity index (χ1v) is 5.93. The molecule has 2 aromatic carbocycles. The summed E-state index contributed by atoms with van der Waals surface area (Å²) in [6.45, 7) is 2.43. The molecule has 2 N–H and O–H groups in total. The van der Waals surface area contributed by atoms with Crippen molar-refractivity contribution < 1.29 is 9.47 Å². The van der Waals surface area contributed by atoms with E-state index in [1.54, 1.807) is 42.5 Å². The molecule has 19 heavy (non-hydrogen) atoms. The highest BCUT2D eigenvalue weighted by Crippen LogP contribution is 2.30. The van der Waals surface area contributed by atoms with Crippen LogP contribution < -0.4 is 15.2 Å². The summed E-state index contributed by atoms with van der Waals surface area (Å²) in [5, 5.41) is 8.84. The smallest absolute Gasteiger partial charge is 0.145 e. The number of nitrogens with two attached hydrogens (primary N) is 1. The summed E-state index contributed by atoms with van der Waals surface area (Å²) in [5.74, 6) is 1.82. The Bertz CT molecular complexity index is 618. The van der Waals surface area contributed by atoms with Crippen molar-refractivity contribution in [3.8, 4) is 23.3 Å². The van der Waals surface area contributed by atoms with Gasteiger partial charge in [-0.1, -0.05) is 6.07 Å². The molecule has 2 rings (SSSR count). The first kappa shape index (κ1) is 12.8. The van der Waals surface area contributed by atoms with Crippen LogP contribution in [-0.4, -0.2) is 6.61 Å². The summed E-state index contributed by atoms with van der Waals surface area (Å²) >= 11 is 0. The first-order valence-electron chi connectivity index (χ1n) is 5.93. The third kappa shape index (κ3) is 3.17. The van der Waals surface area contributed by atoms with Crippen molar-refractivity contribution in [2.75, 3.05) is 12.3 Å². The van der Waals surface area contributed by atoms with Crippen molar-refractivity contribution >= 4 is 5.69 Å². The van der Waals surface area contributed by atoms with Crippen molar-refractivity contribution in [3.05, 3.63) is 48.0 Å². The van der Waals surface area contributed by atoms with E-state index in [9.17, 15) is 0 Å². The van der Waals surface area contributed by atoms with E-state index in [1.807, 2.05) is 6.92 Å². The lowest BCUT2D eigenvalue weighted by molar-refractivity contribution is 0.340. The summed E-state index contributed by atoms with van der Waals surface area (Å²) in [7, 11) is 0. The summed E-state index contributed by atoms with van der Waals surface area (Å²) < 4.78 is 11.1. The Hall–Kier alpha value is -2.67. The molecule has 0 aliphatic carbocycles. The summed E-state index contributed by atoms with van der Waals surface area (Å²) in [6.07, 6.45) is 0. The number of nitriles is 1. The quantitative estimate of drug-likeness (QED) is 0.850. The van der Waals surface area contributed by atoms with Gasteiger partial charge in [0.15, 0.2) is 0 Å². The fourth-order valence-corrected chi connectivity index (χ4v) is 1.62. The fourth-order valence-electron chi connectivity index (χ4n) is 1.62. The van der Waals surface area contributed by atoms with Gasteiger partial charge >= 0.3 is 0 Å². The third-order valence-electron chi connectivity index (χ3n) is 2.48. The average molecular weight is 254 g/mol. The number of anilines is 1.